The van der Waals surface area contributed by atoms with Crippen LogP contribution in [0.25, 0.3) is 0 Å². The van der Waals surface area contributed by atoms with Crippen molar-refractivity contribution >= 4 is 0 Å². The minimum Gasteiger partial charge on any atom is -0.300 e. The molecule has 0 bridgehead atoms. The zero-order valence-corrected chi connectivity index (χ0v) is 16.9. The highest BCUT2D eigenvalue weighted by atomic mass is 15.2. The third-order valence-electron chi connectivity index (χ3n) is 6.93. The van der Waals surface area contributed by atoms with E-state index in [0.29, 0.717) is 0 Å². The lowest BCUT2D eigenvalue weighted by atomic mass is 9.71. The smallest absolute Gasteiger partial charge is 0.0152 e. The summed E-state index contributed by atoms with van der Waals surface area (Å²) in [4.78, 5) is 2.93. The summed E-state index contributed by atoms with van der Waals surface area (Å²) < 4.78 is 0. The predicted molar refractivity (Wildman–Crippen MR) is 103 cm³/mol. The van der Waals surface area contributed by atoms with Crippen LogP contribution < -0.4 is 0 Å². The number of nitrogens with zero attached hydrogens (tertiary/aromatic N) is 1. The minimum absolute atomic E-state index is 0.833. The monoisotopic (exact) mass is 321 g/mol. The molecule has 0 aromatic rings. The molecular weight excluding hydrogens is 278 g/mol. The van der Waals surface area contributed by atoms with Crippen molar-refractivity contribution in [2.75, 3.05) is 13.1 Å². The second kappa shape index (κ2) is 8.88. The van der Waals surface area contributed by atoms with Crippen molar-refractivity contribution in [2.45, 2.75) is 92.5 Å². The molecule has 2 fully saturated rings. The quantitative estimate of drug-likeness (QED) is 0.560. The summed E-state index contributed by atoms with van der Waals surface area (Å²) >= 11 is 0. The van der Waals surface area contributed by atoms with Crippen molar-refractivity contribution < 1.29 is 0 Å². The summed E-state index contributed by atoms with van der Waals surface area (Å²) in [6.07, 6.45) is 10.2. The first-order chi connectivity index (χ1) is 10.9. The SMILES string of the molecule is CC(C)CC(C)C(C)C(C1CCC(C)CC1)N1CCCC(C)C1. The van der Waals surface area contributed by atoms with Crippen molar-refractivity contribution in [1.29, 1.82) is 0 Å². The van der Waals surface area contributed by atoms with Gasteiger partial charge >= 0.3 is 0 Å². The molecule has 0 aromatic carbocycles. The topological polar surface area (TPSA) is 3.24 Å². The molecular formula is C22H43N. The molecule has 4 unspecified atom stereocenters. The Bertz CT molecular complexity index is 329. The molecule has 1 aliphatic carbocycles. The van der Waals surface area contributed by atoms with Crippen LogP contribution in [0.4, 0.5) is 0 Å². The van der Waals surface area contributed by atoms with E-state index >= 15 is 0 Å². The summed E-state index contributed by atoms with van der Waals surface area (Å²) in [6, 6.07) is 0.846. The van der Waals surface area contributed by atoms with Gasteiger partial charge in [0.15, 0.2) is 0 Å². The first kappa shape index (κ1) is 19.3. The number of piperidine rings is 1. The highest BCUT2D eigenvalue weighted by molar-refractivity contribution is 4.90. The Kier molecular flexibility index (Phi) is 7.45. The summed E-state index contributed by atoms with van der Waals surface area (Å²) in [5.41, 5.74) is 0. The predicted octanol–water partition coefficient (Wildman–Crippen LogP) is 6.23. The van der Waals surface area contributed by atoms with Crippen LogP contribution >= 0.6 is 0 Å². The average molecular weight is 322 g/mol. The second-order valence-corrected chi connectivity index (χ2v) is 9.72. The molecule has 23 heavy (non-hydrogen) atoms. The van der Waals surface area contributed by atoms with E-state index in [-0.39, 0.29) is 0 Å². The molecule has 2 aliphatic rings. The van der Waals surface area contributed by atoms with E-state index in [1.807, 2.05) is 0 Å². The van der Waals surface area contributed by atoms with Crippen molar-refractivity contribution in [3.8, 4) is 0 Å². The maximum absolute atomic E-state index is 2.93. The molecule has 0 radical (unpaired) electrons. The van der Waals surface area contributed by atoms with Gasteiger partial charge < -0.3 is 0 Å². The van der Waals surface area contributed by atoms with E-state index in [0.717, 1.165) is 41.5 Å². The molecule has 1 nitrogen and oxygen atoms in total. The molecule has 0 amide bonds. The van der Waals surface area contributed by atoms with Crippen LogP contribution in [-0.2, 0) is 0 Å². The highest BCUT2D eigenvalue weighted by Crippen LogP contribution is 2.39. The second-order valence-electron chi connectivity index (χ2n) is 9.72. The Morgan fingerprint density at radius 3 is 2.09 bits per heavy atom. The summed E-state index contributed by atoms with van der Waals surface area (Å²) in [5, 5.41) is 0. The third kappa shape index (κ3) is 5.48. The van der Waals surface area contributed by atoms with E-state index < -0.39 is 0 Å². The zero-order valence-electron chi connectivity index (χ0n) is 16.9. The van der Waals surface area contributed by atoms with Gasteiger partial charge in [-0.1, -0.05) is 54.4 Å². The standard InChI is InChI=1S/C22H43N/c1-16(2)14-19(5)20(6)22(21-11-9-17(3)10-12-21)23-13-7-8-18(4)15-23/h16-22H,7-15H2,1-6H3. The van der Waals surface area contributed by atoms with E-state index in [2.05, 4.69) is 46.4 Å². The summed E-state index contributed by atoms with van der Waals surface area (Å²) in [6.45, 7) is 17.5. The third-order valence-corrected chi connectivity index (χ3v) is 6.93. The molecule has 2 rings (SSSR count). The van der Waals surface area contributed by atoms with Crippen LogP contribution in [0.3, 0.4) is 0 Å². The zero-order chi connectivity index (χ0) is 17.0. The van der Waals surface area contributed by atoms with Gasteiger partial charge in [0, 0.05) is 12.6 Å². The van der Waals surface area contributed by atoms with Gasteiger partial charge in [-0.3, -0.25) is 4.90 Å². The van der Waals surface area contributed by atoms with Crippen molar-refractivity contribution in [2.24, 2.45) is 35.5 Å². The molecule has 0 N–H and O–H groups in total. The maximum Gasteiger partial charge on any atom is 0.0152 e. The Labute approximate surface area is 146 Å². The first-order valence-corrected chi connectivity index (χ1v) is 10.6. The number of rotatable bonds is 6. The van der Waals surface area contributed by atoms with Gasteiger partial charge in [0.1, 0.15) is 0 Å². The van der Waals surface area contributed by atoms with Gasteiger partial charge in [0.25, 0.3) is 0 Å². The molecule has 4 atom stereocenters. The van der Waals surface area contributed by atoms with Crippen molar-refractivity contribution in [1.82, 2.24) is 4.90 Å². The Balaban J connectivity index is 2.09. The minimum atomic E-state index is 0.833. The Morgan fingerprint density at radius 1 is 0.870 bits per heavy atom. The van der Waals surface area contributed by atoms with Crippen molar-refractivity contribution in [3.63, 3.8) is 0 Å². The molecule has 0 spiro atoms. The van der Waals surface area contributed by atoms with E-state index in [4.69, 9.17) is 0 Å². The van der Waals surface area contributed by atoms with Crippen LogP contribution in [0.1, 0.15) is 86.5 Å². The van der Waals surface area contributed by atoms with Crippen LogP contribution in [0.15, 0.2) is 0 Å². The van der Waals surface area contributed by atoms with Gasteiger partial charge in [0.2, 0.25) is 0 Å². The molecule has 1 aliphatic heterocycles. The van der Waals surface area contributed by atoms with Crippen molar-refractivity contribution in [3.05, 3.63) is 0 Å². The molecule has 1 saturated heterocycles. The van der Waals surface area contributed by atoms with Crippen LogP contribution in [-0.4, -0.2) is 24.0 Å². The molecule has 1 saturated carbocycles. The van der Waals surface area contributed by atoms with E-state index in [9.17, 15) is 0 Å². The lowest BCUT2D eigenvalue weighted by Crippen LogP contribution is -2.51. The number of hydrogen-bond acceptors (Lipinski definition) is 1. The summed E-state index contributed by atoms with van der Waals surface area (Å²) in [5.74, 6) is 5.37. The van der Waals surface area contributed by atoms with Crippen LogP contribution in [0.5, 0.6) is 0 Å². The normalized spacial score (nSPS) is 34.3. The number of hydrogen-bond donors (Lipinski definition) is 0. The van der Waals surface area contributed by atoms with Gasteiger partial charge in [-0.15, -0.1) is 0 Å². The Hall–Kier alpha value is -0.0400. The maximum atomic E-state index is 2.93. The fraction of sp³-hybridized carbons (Fsp3) is 1.00. The average Bonchev–Trinajstić information content (AvgIpc) is 2.49. The van der Waals surface area contributed by atoms with Gasteiger partial charge in [-0.05, 0) is 74.2 Å². The first-order valence-electron chi connectivity index (χ1n) is 10.6. The van der Waals surface area contributed by atoms with Crippen LogP contribution in [0, 0.1) is 35.5 Å². The van der Waals surface area contributed by atoms with E-state index in [1.165, 1.54) is 58.0 Å². The highest BCUT2D eigenvalue weighted by Gasteiger charge is 2.37. The Morgan fingerprint density at radius 2 is 1.52 bits per heavy atom. The number of likely N-dealkylation sites (tertiary alicyclic amines) is 1. The van der Waals surface area contributed by atoms with Gasteiger partial charge in [-0.25, -0.2) is 0 Å². The fourth-order valence-corrected chi connectivity index (χ4v) is 5.48. The van der Waals surface area contributed by atoms with Gasteiger partial charge in [-0.2, -0.15) is 0 Å². The molecule has 1 heterocycles. The summed E-state index contributed by atoms with van der Waals surface area (Å²) in [7, 11) is 0. The molecule has 0 aromatic heterocycles. The lowest BCUT2D eigenvalue weighted by Gasteiger charge is -2.47. The van der Waals surface area contributed by atoms with Gasteiger partial charge in [0.05, 0.1) is 0 Å². The molecule has 136 valence electrons. The largest absolute Gasteiger partial charge is 0.300 e. The molecule has 1 heteroatoms. The fourth-order valence-electron chi connectivity index (χ4n) is 5.48. The van der Waals surface area contributed by atoms with E-state index in [1.54, 1.807) is 0 Å². The lowest BCUT2D eigenvalue weighted by molar-refractivity contribution is 0.0201. The van der Waals surface area contributed by atoms with Crippen LogP contribution in [0.2, 0.25) is 0 Å².